The maximum absolute atomic E-state index is 11.8. The standard InChI is InChI=1S/C19H24ClN3O/c1-22(2)19(24)10-5-14-4-3-11-23(13-14)18-9-6-15-12-16(20)7-8-17(15)21-18/h6-9,12,14H,3-5,10-11,13H2,1-2H3/t14-/m0/s1. The normalized spacial score (nSPS) is 18.0. The van der Waals surface area contributed by atoms with E-state index in [9.17, 15) is 4.79 Å². The van der Waals surface area contributed by atoms with Gasteiger partial charge in [0.2, 0.25) is 5.91 Å². The van der Waals surface area contributed by atoms with Crippen molar-refractivity contribution < 1.29 is 4.79 Å². The highest BCUT2D eigenvalue weighted by Gasteiger charge is 2.22. The van der Waals surface area contributed by atoms with Crippen LogP contribution in [-0.2, 0) is 4.79 Å². The molecule has 1 aromatic carbocycles. The van der Waals surface area contributed by atoms with Gasteiger partial charge in [-0.05, 0) is 55.5 Å². The Morgan fingerprint density at radius 1 is 1.33 bits per heavy atom. The van der Waals surface area contributed by atoms with Crippen LogP contribution < -0.4 is 4.90 Å². The van der Waals surface area contributed by atoms with E-state index in [4.69, 9.17) is 16.6 Å². The molecule has 1 atom stereocenters. The lowest BCUT2D eigenvalue weighted by Gasteiger charge is -2.33. The molecule has 4 nitrogen and oxygen atoms in total. The molecule has 2 heterocycles. The summed E-state index contributed by atoms with van der Waals surface area (Å²) in [6.45, 7) is 2.01. The minimum atomic E-state index is 0.216. The molecule has 1 aliphatic rings. The summed E-state index contributed by atoms with van der Waals surface area (Å²) in [7, 11) is 3.64. The van der Waals surface area contributed by atoms with Crippen LogP contribution in [0, 0.1) is 5.92 Å². The third-order valence-corrected chi connectivity index (χ3v) is 4.98. The third-order valence-electron chi connectivity index (χ3n) is 4.74. The van der Waals surface area contributed by atoms with Crippen molar-refractivity contribution in [2.24, 2.45) is 5.92 Å². The number of pyridine rings is 1. The van der Waals surface area contributed by atoms with Crippen molar-refractivity contribution in [1.82, 2.24) is 9.88 Å². The molecule has 5 heteroatoms. The Kier molecular flexibility index (Phi) is 5.24. The number of piperidine rings is 1. The molecule has 0 saturated carbocycles. The van der Waals surface area contributed by atoms with Crippen LogP contribution in [0.1, 0.15) is 25.7 Å². The number of carbonyl (C=O) groups is 1. The zero-order valence-corrected chi connectivity index (χ0v) is 15.1. The number of hydrogen-bond acceptors (Lipinski definition) is 3. The lowest BCUT2D eigenvalue weighted by molar-refractivity contribution is -0.129. The highest BCUT2D eigenvalue weighted by atomic mass is 35.5. The molecule has 0 unspecified atom stereocenters. The van der Waals surface area contributed by atoms with Gasteiger partial charge in [-0.3, -0.25) is 4.79 Å². The lowest BCUT2D eigenvalue weighted by Crippen LogP contribution is -2.36. The minimum Gasteiger partial charge on any atom is -0.356 e. The van der Waals surface area contributed by atoms with Crippen molar-refractivity contribution in [3.63, 3.8) is 0 Å². The fourth-order valence-electron chi connectivity index (χ4n) is 3.32. The van der Waals surface area contributed by atoms with Crippen LogP contribution in [0.3, 0.4) is 0 Å². The number of benzene rings is 1. The molecule has 1 aromatic heterocycles. The zero-order chi connectivity index (χ0) is 17.1. The first kappa shape index (κ1) is 17.0. The fraction of sp³-hybridized carbons (Fsp3) is 0.474. The average molecular weight is 346 g/mol. The molecule has 24 heavy (non-hydrogen) atoms. The van der Waals surface area contributed by atoms with Crippen molar-refractivity contribution in [2.75, 3.05) is 32.1 Å². The van der Waals surface area contributed by atoms with Gasteiger partial charge in [-0.1, -0.05) is 11.6 Å². The third kappa shape index (κ3) is 3.99. The van der Waals surface area contributed by atoms with E-state index >= 15 is 0 Å². The molecule has 3 rings (SSSR count). The van der Waals surface area contributed by atoms with Gasteiger partial charge in [0.15, 0.2) is 0 Å². The van der Waals surface area contributed by atoms with Gasteiger partial charge in [0.25, 0.3) is 0 Å². The fourth-order valence-corrected chi connectivity index (χ4v) is 3.50. The number of fused-ring (bicyclic) bond motifs is 1. The van der Waals surface area contributed by atoms with Crippen LogP contribution in [0.4, 0.5) is 5.82 Å². The summed E-state index contributed by atoms with van der Waals surface area (Å²) < 4.78 is 0. The monoisotopic (exact) mass is 345 g/mol. The van der Waals surface area contributed by atoms with Gasteiger partial charge in [-0.25, -0.2) is 4.98 Å². The average Bonchev–Trinajstić information content (AvgIpc) is 2.59. The quantitative estimate of drug-likeness (QED) is 0.841. The van der Waals surface area contributed by atoms with Crippen LogP contribution in [0.2, 0.25) is 5.02 Å². The van der Waals surface area contributed by atoms with E-state index in [2.05, 4.69) is 17.0 Å². The number of halogens is 1. The van der Waals surface area contributed by atoms with E-state index in [1.54, 1.807) is 4.90 Å². The Morgan fingerprint density at radius 2 is 2.17 bits per heavy atom. The summed E-state index contributed by atoms with van der Waals surface area (Å²) in [5.74, 6) is 1.80. The zero-order valence-electron chi connectivity index (χ0n) is 14.3. The van der Waals surface area contributed by atoms with E-state index in [0.717, 1.165) is 47.7 Å². The smallest absolute Gasteiger partial charge is 0.222 e. The second-order valence-electron chi connectivity index (χ2n) is 6.79. The first-order valence-corrected chi connectivity index (χ1v) is 8.92. The molecule has 1 fully saturated rings. The summed E-state index contributed by atoms with van der Waals surface area (Å²) in [6, 6.07) is 9.96. The van der Waals surface area contributed by atoms with Gasteiger partial charge in [0.05, 0.1) is 5.52 Å². The van der Waals surface area contributed by atoms with Crippen molar-refractivity contribution in [3.05, 3.63) is 35.4 Å². The largest absolute Gasteiger partial charge is 0.356 e. The van der Waals surface area contributed by atoms with Crippen LogP contribution in [0.5, 0.6) is 0 Å². The molecule has 2 aromatic rings. The number of carbonyl (C=O) groups excluding carboxylic acids is 1. The predicted molar refractivity (Wildman–Crippen MR) is 99.6 cm³/mol. The summed E-state index contributed by atoms with van der Waals surface area (Å²) in [5, 5.41) is 1.80. The first-order valence-electron chi connectivity index (χ1n) is 8.54. The highest BCUT2D eigenvalue weighted by molar-refractivity contribution is 6.31. The molecule has 1 amide bonds. The van der Waals surface area contributed by atoms with E-state index < -0.39 is 0 Å². The Hall–Kier alpha value is -1.81. The van der Waals surface area contributed by atoms with Gasteiger partial charge in [-0.15, -0.1) is 0 Å². The number of amides is 1. The Bertz CT molecular complexity index is 732. The summed E-state index contributed by atoms with van der Waals surface area (Å²) in [6.07, 6.45) is 3.94. The van der Waals surface area contributed by atoms with Crippen LogP contribution in [0.25, 0.3) is 10.9 Å². The Labute approximate surface area is 148 Å². The molecule has 0 radical (unpaired) electrons. The van der Waals surface area contributed by atoms with Gasteiger partial charge in [0.1, 0.15) is 5.82 Å². The lowest BCUT2D eigenvalue weighted by atomic mass is 9.93. The Morgan fingerprint density at radius 3 is 2.96 bits per heavy atom. The molecule has 1 aliphatic heterocycles. The maximum Gasteiger partial charge on any atom is 0.222 e. The topological polar surface area (TPSA) is 36.4 Å². The second kappa shape index (κ2) is 7.39. The van der Waals surface area contributed by atoms with Gasteiger partial charge in [0, 0.05) is 44.0 Å². The van der Waals surface area contributed by atoms with Crippen molar-refractivity contribution in [2.45, 2.75) is 25.7 Å². The molecule has 1 saturated heterocycles. The number of hydrogen-bond donors (Lipinski definition) is 0. The summed E-state index contributed by atoms with van der Waals surface area (Å²) in [4.78, 5) is 20.6. The molecule has 0 spiro atoms. The summed E-state index contributed by atoms with van der Waals surface area (Å²) >= 11 is 6.04. The molecule has 0 aliphatic carbocycles. The highest BCUT2D eigenvalue weighted by Crippen LogP contribution is 2.27. The van der Waals surface area contributed by atoms with Crippen LogP contribution in [0.15, 0.2) is 30.3 Å². The SMILES string of the molecule is CN(C)C(=O)CC[C@@H]1CCCN(c2ccc3cc(Cl)ccc3n2)C1. The first-order chi connectivity index (χ1) is 11.5. The van der Waals surface area contributed by atoms with E-state index in [-0.39, 0.29) is 5.91 Å². The van der Waals surface area contributed by atoms with Crippen LogP contribution in [-0.4, -0.2) is 43.0 Å². The van der Waals surface area contributed by atoms with Gasteiger partial charge < -0.3 is 9.80 Å². The molecule has 0 bridgehead atoms. The molecule has 0 N–H and O–H groups in total. The van der Waals surface area contributed by atoms with Crippen molar-refractivity contribution in [1.29, 1.82) is 0 Å². The predicted octanol–water partition coefficient (Wildman–Crippen LogP) is 3.97. The summed E-state index contributed by atoms with van der Waals surface area (Å²) in [5.41, 5.74) is 0.974. The molecular formula is C19H24ClN3O. The van der Waals surface area contributed by atoms with Crippen molar-refractivity contribution in [3.8, 4) is 0 Å². The van der Waals surface area contributed by atoms with E-state index in [1.165, 1.54) is 6.42 Å². The van der Waals surface area contributed by atoms with Gasteiger partial charge in [-0.2, -0.15) is 0 Å². The van der Waals surface area contributed by atoms with Crippen molar-refractivity contribution >= 4 is 34.2 Å². The molecular weight excluding hydrogens is 322 g/mol. The number of rotatable bonds is 4. The number of anilines is 1. The number of aromatic nitrogens is 1. The Balaban J connectivity index is 1.68. The van der Waals surface area contributed by atoms with E-state index in [0.29, 0.717) is 12.3 Å². The van der Waals surface area contributed by atoms with E-state index in [1.807, 2.05) is 32.3 Å². The van der Waals surface area contributed by atoms with Crippen LogP contribution >= 0.6 is 11.6 Å². The molecule has 128 valence electrons. The second-order valence-corrected chi connectivity index (χ2v) is 7.22. The van der Waals surface area contributed by atoms with Gasteiger partial charge >= 0.3 is 0 Å². The number of nitrogens with zero attached hydrogens (tertiary/aromatic N) is 3. The maximum atomic E-state index is 11.8. The minimum absolute atomic E-state index is 0.216.